The standard InChI is InChI=1S/C24H28ClF3N2O/c25-21-13-18(15-30-16-21)14-29-11-9-22(10-12-31-23(17-22)7-1-2-8-23)19-3-5-20(6-4-19)24(26,27)28/h3-6,13,15-16,29H,1-2,7-12,14,17H2/t22-/m1/s1. The van der Waals surface area contributed by atoms with Gasteiger partial charge in [-0.25, -0.2) is 0 Å². The van der Waals surface area contributed by atoms with E-state index in [0.717, 1.165) is 62.6 Å². The van der Waals surface area contributed by atoms with Gasteiger partial charge >= 0.3 is 6.18 Å². The van der Waals surface area contributed by atoms with Crippen LogP contribution in [-0.2, 0) is 22.9 Å². The molecule has 1 saturated carbocycles. The number of pyridine rings is 1. The van der Waals surface area contributed by atoms with Crippen LogP contribution in [0.1, 0.15) is 61.6 Å². The second kappa shape index (κ2) is 9.08. The average Bonchev–Trinajstić information content (AvgIpc) is 3.18. The molecule has 1 N–H and O–H groups in total. The Balaban J connectivity index is 1.51. The van der Waals surface area contributed by atoms with Crippen LogP contribution in [0.25, 0.3) is 0 Å². The van der Waals surface area contributed by atoms with Crippen molar-refractivity contribution in [3.8, 4) is 0 Å². The van der Waals surface area contributed by atoms with Gasteiger partial charge in [0.1, 0.15) is 0 Å². The van der Waals surface area contributed by atoms with Crippen LogP contribution in [0.5, 0.6) is 0 Å². The average molecular weight is 453 g/mol. The molecule has 31 heavy (non-hydrogen) atoms. The molecule has 2 aromatic rings. The van der Waals surface area contributed by atoms with Gasteiger partial charge in [0.05, 0.1) is 16.2 Å². The summed E-state index contributed by atoms with van der Waals surface area (Å²) in [7, 11) is 0. The van der Waals surface area contributed by atoms with Gasteiger partial charge in [-0.3, -0.25) is 4.98 Å². The molecule has 2 heterocycles. The van der Waals surface area contributed by atoms with Gasteiger partial charge in [0.25, 0.3) is 0 Å². The van der Waals surface area contributed by atoms with Crippen LogP contribution >= 0.6 is 11.6 Å². The van der Waals surface area contributed by atoms with Gasteiger partial charge in [0.15, 0.2) is 0 Å². The molecule has 1 aromatic heterocycles. The summed E-state index contributed by atoms with van der Waals surface area (Å²) in [5.74, 6) is 0. The number of halogens is 4. The van der Waals surface area contributed by atoms with E-state index in [1.807, 2.05) is 6.07 Å². The predicted octanol–water partition coefficient (Wildman–Crippen LogP) is 6.29. The monoisotopic (exact) mass is 452 g/mol. The molecule has 3 nitrogen and oxygen atoms in total. The van der Waals surface area contributed by atoms with Crippen LogP contribution in [0.15, 0.2) is 42.7 Å². The molecular formula is C24H28ClF3N2O. The van der Waals surface area contributed by atoms with Crippen molar-refractivity contribution >= 4 is 11.6 Å². The summed E-state index contributed by atoms with van der Waals surface area (Å²) in [6.07, 6.45) is 5.99. The van der Waals surface area contributed by atoms with E-state index in [9.17, 15) is 13.2 Å². The topological polar surface area (TPSA) is 34.2 Å². The minimum absolute atomic E-state index is 0.127. The Kier molecular flexibility index (Phi) is 6.61. The lowest BCUT2D eigenvalue weighted by atomic mass is 9.66. The van der Waals surface area contributed by atoms with Gasteiger partial charge in [-0.1, -0.05) is 36.6 Å². The summed E-state index contributed by atoms with van der Waals surface area (Å²) >= 11 is 6.01. The molecular weight excluding hydrogens is 425 g/mol. The molecule has 1 aliphatic heterocycles. The Morgan fingerprint density at radius 3 is 2.48 bits per heavy atom. The Labute approximate surface area is 186 Å². The molecule has 4 rings (SSSR count). The van der Waals surface area contributed by atoms with Crippen LogP contribution in [0.2, 0.25) is 5.02 Å². The Morgan fingerprint density at radius 2 is 1.81 bits per heavy atom. The third-order valence-corrected chi connectivity index (χ3v) is 7.07. The summed E-state index contributed by atoms with van der Waals surface area (Å²) in [4.78, 5) is 4.11. The van der Waals surface area contributed by atoms with E-state index in [4.69, 9.17) is 16.3 Å². The summed E-state index contributed by atoms with van der Waals surface area (Å²) in [6.45, 7) is 2.06. The zero-order valence-electron chi connectivity index (χ0n) is 17.5. The fraction of sp³-hybridized carbons (Fsp3) is 0.542. The fourth-order valence-electron chi connectivity index (χ4n) is 5.29. The van der Waals surface area contributed by atoms with Crippen molar-refractivity contribution in [2.75, 3.05) is 13.2 Å². The predicted molar refractivity (Wildman–Crippen MR) is 115 cm³/mol. The highest BCUT2D eigenvalue weighted by molar-refractivity contribution is 6.30. The molecule has 1 aliphatic carbocycles. The highest BCUT2D eigenvalue weighted by atomic mass is 35.5. The van der Waals surface area contributed by atoms with Crippen LogP contribution < -0.4 is 5.32 Å². The largest absolute Gasteiger partial charge is 0.416 e. The van der Waals surface area contributed by atoms with Crippen LogP contribution in [0, 0.1) is 0 Å². The fourth-order valence-corrected chi connectivity index (χ4v) is 5.49. The summed E-state index contributed by atoms with van der Waals surface area (Å²) in [5.41, 5.74) is 1.08. The molecule has 0 bridgehead atoms. The molecule has 1 atom stereocenters. The summed E-state index contributed by atoms with van der Waals surface area (Å²) < 4.78 is 45.5. The van der Waals surface area contributed by atoms with Crippen LogP contribution in [0.4, 0.5) is 13.2 Å². The highest BCUT2D eigenvalue weighted by Crippen LogP contribution is 2.50. The van der Waals surface area contributed by atoms with Crippen molar-refractivity contribution in [3.05, 3.63) is 64.4 Å². The zero-order valence-corrected chi connectivity index (χ0v) is 18.2. The molecule has 7 heteroatoms. The van der Waals surface area contributed by atoms with E-state index < -0.39 is 11.7 Å². The van der Waals surface area contributed by atoms with E-state index in [2.05, 4.69) is 10.3 Å². The van der Waals surface area contributed by atoms with Crippen LogP contribution in [-0.4, -0.2) is 23.7 Å². The molecule has 2 fully saturated rings. The van der Waals surface area contributed by atoms with Gasteiger partial charge in [0, 0.05) is 31.0 Å². The molecule has 0 amide bonds. The molecule has 0 unspecified atom stereocenters. The number of alkyl halides is 3. The van der Waals surface area contributed by atoms with Gasteiger partial charge in [-0.2, -0.15) is 13.2 Å². The van der Waals surface area contributed by atoms with E-state index in [-0.39, 0.29) is 11.0 Å². The van der Waals surface area contributed by atoms with Gasteiger partial charge in [-0.15, -0.1) is 0 Å². The number of benzene rings is 1. The maximum atomic E-state index is 13.1. The van der Waals surface area contributed by atoms with E-state index in [1.165, 1.54) is 12.1 Å². The molecule has 1 spiro atoms. The Morgan fingerprint density at radius 1 is 1.06 bits per heavy atom. The number of rotatable bonds is 6. The normalized spacial score (nSPS) is 23.4. The van der Waals surface area contributed by atoms with E-state index in [1.54, 1.807) is 24.5 Å². The number of hydrogen-bond donors (Lipinski definition) is 1. The van der Waals surface area contributed by atoms with Gasteiger partial charge in [-0.05, 0) is 68.0 Å². The molecule has 168 valence electrons. The maximum Gasteiger partial charge on any atom is 0.416 e. The summed E-state index contributed by atoms with van der Waals surface area (Å²) in [6, 6.07) is 7.68. The zero-order chi connectivity index (χ0) is 22.0. The first kappa shape index (κ1) is 22.6. The first-order valence-electron chi connectivity index (χ1n) is 10.9. The summed E-state index contributed by atoms with van der Waals surface area (Å²) in [5, 5.41) is 4.07. The number of hydrogen-bond acceptors (Lipinski definition) is 3. The Bertz CT molecular complexity index is 881. The lowest BCUT2D eigenvalue weighted by molar-refractivity contribution is -0.137. The SMILES string of the molecule is FC(F)(F)c1ccc([C@]2(CCNCc3cncc(Cl)c3)CCOC3(CCCC3)C2)cc1. The second-order valence-electron chi connectivity index (χ2n) is 8.96. The van der Waals surface area contributed by atoms with Gasteiger partial charge < -0.3 is 10.1 Å². The minimum Gasteiger partial charge on any atom is -0.375 e. The first-order chi connectivity index (χ1) is 14.8. The van der Waals surface area contributed by atoms with E-state index >= 15 is 0 Å². The van der Waals surface area contributed by atoms with Crippen LogP contribution in [0.3, 0.4) is 0 Å². The van der Waals surface area contributed by atoms with Gasteiger partial charge in [0.2, 0.25) is 0 Å². The number of aromatic nitrogens is 1. The Hall–Kier alpha value is -1.63. The molecule has 1 saturated heterocycles. The second-order valence-corrected chi connectivity index (χ2v) is 9.40. The lowest BCUT2D eigenvalue weighted by Gasteiger charge is -2.47. The quantitative estimate of drug-likeness (QED) is 0.522. The lowest BCUT2D eigenvalue weighted by Crippen LogP contribution is -2.47. The van der Waals surface area contributed by atoms with Crippen molar-refractivity contribution in [1.82, 2.24) is 10.3 Å². The first-order valence-corrected chi connectivity index (χ1v) is 11.3. The molecule has 0 radical (unpaired) electrons. The third kappa shape index (κ3) is 5.24. The van der Waals surface area contributed by atoms with E-state index in [0.29, 0.717) is 18.2 Å². The number of ether oxygens (including phenoxy) is 1. The van der Waals surface area contributed by atoms with Crippen molar-refractivity contribution < 1.29 is 17.9 Å². The highest BCUT2D eigenvalue weighted by Gasteiger charge is 2.47. The smallest absolute Gasteiger partial charge is 0.375 e. The third-order valence-electron chi connectivity index (χ3n) is 6.86. The van der Waals surface area contributed by atoms with Crippen molar-refractivity contribution in [2.45, 2.75) is 68.7 Å². The number of nitrogens with zero attached hydrogens (tertiary/aromatic N) is 1. The minimum atomic E-state index is -4.32. The molecule has 2 aliphatic rings. The maximum absolute atomic E-state index is 13.1. The number of nitrogens with one attached hydrogen (secondary N) is 1. The van der Waals surface area contributed by atoms with Crippen molar-refractivity contribution in [3.63, 3.8) is 0 Å². The van der Waals surface area contributed by atoms with Crippen molar-refractivity contribution in [2.24, 2.45) is 0 Å². The van der Waals surface area contributed by atoms with Crippen molar-refractivity contribution in [1.29, 1.82) is 0 Å². The molecule has 1 aromatic carbocycles.